The summed E-state index contributed by atoms with van der Waals surface area (Å²) in [5.41, 5.74) is 0. The maximum absolute atomic E-state index is 12.5. The second-order valence-electron chi connectivity index (χ2n) is 7.18. The zero-order valence-corrected chi connectivity index (χ0v) is 19.0. The molecule has 4 rings (SSSR count). The van der Waals surface area contributed by atoms with Crippen molar-refractivity contribution in [1.29, 1.82) is 0 Å². The average molecular weight is 451 g/mol. The molecule has 0 spiro atoms. The highest BCUT2D eigenvalue weighted by molar-refractivity contribution is 7.99. The molecule has 0 N–H and O–H groups in total. The van der Waals surface area contributed by atoms with Crippen LogP contribution in [0, 0.1) is 0 Å². The van der Waals surface area contributed by atoms with Gasteiger partial charge >= 0.3 is 0 Å². The Labute approximate surface area is 191 Å². The summed E-state index contributed by atoms with van der Waals surface area (Å²) in [5.74, 6) is 2.64. The van der Waals surface area contributed by atoms with Crippen molar-refractivity contribution in [2.24, 2.45) is 0 Å². The monoisotopic (exact) mass is 450 g/mol. The van der Waals surface area contributed by atoms with Crippen molar-refractivity contribution in [2.45, 2.75) is 32.2 Å². The minimum atomic E-state index is 0.0844. The third-order valence-electron chi connectivity index (χ3n) is 5.23. The van der Waals surface area contributed by atoms with E-state index < -0.39 is 0 Å². The number of nitrogens with zero attached hydrogens (tertiary/aromatic N) is 4. The van der Waals surface area contributed by atoms with E-state index in [1.54, 1.807) is 6.26 Å². The van der Waals surface area contributed by atoms with Crippen LogP contribution in [0.25, 0.3) is 10.8 Å². The first-order valence-electron chi connectivity index (χ1n) is 10.6. The molecule has 0 saturated heterocycles. The largest absolute Gasteiger partial charge is 0.485 e. The number of hydrogen-bond donors (Lipinski definition) is 0. The van der Waals surface area contributed by atoms with Crippen LogP contribution in [-0.4, -0.2) is 44.4 Å². The zero-order chi connectivity index (χ0) is 22.3. The molecular weight excluding hydrogens is 424 g/mol. The van der Waals surface area contributed by atoms with Crippen LogP contribution in [0.4, 0.5) is 0 Å². The van der Waals surface area contributed by atoms with Crippen LogP contribution in [0.15, 0.2) is 70.4 Å². The number of ether oxygens (including phenoxy) is 1. The minimum absolute atomic E-state index is 0.0844. The summed E-state index contributed by atoms with van der Waals surface area (Å²) in [7, 11) is 0. The molecule has 1 amide bonds. The third-order valence-corrected chi connectivity index (χ3v) is 6.19. The quantitative estimate of drug-likeness (QED) is 0.329. The molecule has 0 aliphatic carbocycles. The summed E-state index contributed by atoms with van der Waals surface area (Å²) >= 11 is 1.38. The van der Waals surface area contributed by atoms with Gasteiger partial charge in [-0.2, -0.15) is 0 Å². The van der Waals surface area contributed by atoms with Gasteiger partial charge in [0.25, 0.3) is 0 Å². The maximum atomic E-state index is 12.5. The molecule has 0 radical (unpaired) electrons. The molecule has 2 aromatic heterocycles. The SMILES string of the molecule is CCN(CC)C(=O)CSc1nnc(COc2cccc3ccccc23)n1Cc1ccco1. The highest BCUT2D eigenvalue weighted by Gasteiger charge is 2.18. The number of carbonyl (C=O) groups is 1. The van der Waals surface area contributed by atoms with Crippen molar-refractivity contribution >= 4 is 28.4 Å². The van der Waals surface area contributed by atoms with E-state index in [1.165, 1.54) is 11.8 Å². The average Bonchev–Trinajstić information content (AvgIpc) is 3.47. The van der Waals surface area contributed by atoms with Gasteiger partial charge in [-0.25, -0.2) is 0 Å². The molecule has 0 atom stereocenters. The summed E-state index contributed by atoms with van der Waals surface area (Å²) < 4.78 is 13.6. The lowest BCUT2D eigenvalue weighted by Gasteiger charge is -2.18. The fourth-order valence-corrected chi connectivity index (χ4v) is 4.37. The van der Waals surface area contributed by atoms with Gasteiger partial charge in [0.1, 0.15) is 18.1 Å². The Kier molecular flexibility index (Phi) is 7.11. The summed E-state index contributed by atoms with van der Waals surface area (Å²) in [5, 5.41) is 11.5. The van der Waals surface area contributed by atoms with Crippen molar-refractivity contribution in [2.75, 3.05) is 18.8 Å². The Morgan fingerprint density at radius 3 is 2.66 bits per heavy atom. The lowest BCUT2D eigenvalue weighted by Crippen LogP contribution is -2.32. The van der Waals surface area contributed by atoms with Gasteiger partial charge in [-0.15, -0.1) is 10.2 Å². The smallest absolute Gasteiger partial charge is 0.233 e. The molecule has 166 valence electrons. The van der Waals surface area contributed by atoms with Crippen molar-refractivity contribution in [3.63, 3.8) is 0 Å². The van der Waals surface area contributed by atoms with E-state index >= 15 is 0 Å². The molecule has 0 bridgehead atoms. The zero-order valence-electron chi connectivity index (χ0n) is 18.2. The predicted octanol–water partition coefficient (Wildman–Crippen LogP) is 4.61. The number of aromatic nitrogens is 3. The third kappa shape index (κ3) is 4.96. The molecule has 32 heavy (non-hydrogen) atoms. The summed E-state index contributed by atoms with van der Waals surface area (Å²) in [6.45, 7) is 6.07. The van der Waals surface area contributed by atoms with Gasteiger partial charge in [0.2, 0.25) is 5.91 Å². The fraction of sp³-hybridized carbons (Fsp3) is 0.292. The molecule has 0 saturated carbocycles. The molecule has 0 aliphatic heterocycles. The minimum Gasteiger partial charge on any atom is -0.485 e. The van der Waals surface area contributed by atoms with Gasteiger partial charge in [-0.05, 0) is 37.4 Å². The molecule has 8 heteroatoms. The van der Waals surface area contributed by atoms with Crippen LogP contribution in [0.2, 0.25) is 0 Å². The summed E-state index contributed by atoms with van der Waals surface area (Å²) in [6.07, 6.45) is 1.64. The van der Waals surface area contributed by atoms with E-state index in [4.69, 9.17) is 9.15 Å². The Balaban J connectivity index is 1.54. The van der Waals surface area contributed by atoms with Gasteiger partial charge in [-0.3, -0.25) is 9.36 Å². The molecule has 2 heterocycles. The lowest BCUT2D eigenvalue weighted by atomic mass is 10.1. The molecular formula is C24H26N4O3S. The van der Waals surface area contributed by atoms with Gasteiger partial charge < -0.3 is 14.1 Å². The Morgan fingerprint density at radius 1 is 1.06 bits per heavy atom. The van der Waals surface area contributed by atoms with Crippen molar-refractivity contribution < 1.29 is 13.9 Å². The van der Waals surface area contributed by atoms with E-state index in [9.17, 15) is 4.79 Å². The van der Waals surface area contributed by atoms with Crippen molar-refractivity contribution in [3.8, 4) is 5.75 Å². The maximum Gasteiger partial charge on any atom is 0.233 e. The Hall–Kier alpha value is -3.26. The van der Waals surface area contributed by atoms with Gasteiger partial charge in [0.05, 0.1) is 18.6 Å². The molecule has 0 unspecified atom stereocenters. The highest BCUT2D eigenvalue weighted by Crippen LogP contribution is 2.26. The van der Waals surface area contributed by atoms with Crippen LogP contribution in [0.5, 0.6) is 5.75 Å². The van der Waals surface area contributed by atoms with Crippen molar-refractivity contribution in [1.82, 2.24) is 19.7 Å². The number of amides is 1. The number of carbonyl (C=O) groups excluding carboxylic acids is 1. The van der Waals surface area contributed by atoms with Crippen LogP contribution in [-0.2, 0) is 17.9 Å². The van der Waals surface area contributed by atoms with Gasteiger partial charge in [0, 0.05) is 18.5 Å². The standard InChI is InChI=1S/C24H26N4O3S/c1-3-27(4-2)23(29)17-32-24-26-25-22(28(24)15-19-11-8-14-30-19)16-31-21-13-7-10-18-9-5-6-12-20(18)21/h5-14H,3-4,15-17H2,1-2H3. The molecule has 0 aliphatic rings. The number of thioether (sulfide) groups is 1. The van der Waals surface area contributed by atoms with E-state index in [1.807, 2.05) is 65.8 Å². The van der Waals surface area contributed by atoms with Gasteiger partial charge in [-0.1, -0.05) is 48.2 Å². The van der Waals surface area contributed by atoms with Crippen LogP contribution >= 0.6 is 11.8 Å². The van der Waals surface area contributed by atoms with Gasteiger partial charge in [0.15, 0.2) is 11.0 Å². The second-order valence-corrected chi connectivity index (χ2v) is 8.13. The first kappa shape index (κ1) is 22.0. The molecule has 7 nitrogen and oxygen atoms in total. The topological polar surface area (TPSA) is 73.4 Å². The van der Waals surface area contributed by atoms with Crippen LogP contribution in [0.3, 0.4) is 0 Å². The number of hydrogen-bond acceptors (Lipinski definition) is 6. The van der Waals surface area contributed by atoms with Crippen LogP contribution < -0.4 is 4.74 Å². The Bertz CT molecular complexity index is 1160. The van der Waals surface area contributed by atoms with E-state index in [-0.39, 0.29) is 12.5 Å². The number of furan rings is 1. The van der Waals surface area contributed by atoms with E-state index in [0.29, 0.717) is 36.4 Å². The predicted molar refractivity (Wildman–Crippen MR) is 125 cm³/mol. The van der Waals surface area contributed by atoms with Crippen molar-refractivity contribution in [3.05, 3.63) is 72.4 Å². The first-order chi connectivity index (χ1) is 15.7. The number of benzene rings is 2. The number of rotatable bonds is 10. The molecule has 0 fully saturated rings. The Morgan fingerprint density at radius 2 is 1.88 bits per heavy atom. The molecule has 2 aromatic carbocycles. The normalized spacial score (nSPS) is 11.1. The van der Waals surface area contributed by atoms with E-state index in [2.05, 4.69) is 22.3 Å². The highest BCUT2D eigenvalue weighted by atomic mass is 32.2. The second kappa shape index (κ2) is 10.4. The van der Waals surface area contributed by atoms with Crippen LogP contribution in [0.1, 0.15) is 25.4 Å². The summed E-state index contributed by atoms with van der Waals surface area (Å²) in [6, 6.07) is 17.9. The lowest BCUT2D eigenvalue weighted by molar-refractivity contribution is -0.127. The first-order valence-corrected chi connectivity index (χ1v) is 11.6. The number of fused-ring (bicyclic) bond motifs is 1. The van der Waals surface area contributed by atoms with E-state index in [0.717, 1.165) is 22.3 Å². The summed E-state index contributed by atoms with van der Waals surface area (Å²) in [4.78, 5) is 14.3. The molecule has 4 aromatic rings. The fourth-order valence-electron chi connectivity index (χ4n) is 3.51.